The summed E-state index contributed by atoms with van der Waals surface area (Å²) in [6.07, 6.45) is -2.30. The molecule has 6 heteroatoms. The molecule has 1 saturated carbocycles. The quantitative estimate of drug-likeness (QED) is 0.859. The highest BCUT2D eigenvalue weighted by Crippen LogP contribution is 2.42. The van der Waals surface area contributed by atoms with Gasteiger partial charge in [-0.25, -0.2) is 0 Å². The average Bonchev–Trinajstić information content (AvgIpc) is 2.98. The van der Waals surface area contributed by atoms with Crippen LogP contribution in [0.25, 0.3) is 0 Å². The molecular formula is C11H12BrClF3N. The molecule has 0 bridgehead atoms. The van der Waals surface area contributed by atoms with E-state index in [0.717, 1.165) is 25.0 Å². The van der Waals surface area contributed by atoms with Crippen molar-refractivity contribution < 1.29 is 13.2 Å². The molecule has 0 radical (unpaired) electrons. The van der Waals surface area contributed by atoms with E-state index >= 15 is 0 Å². The van der Waals surface area contributed by atoms with Crippen molar-refractivity contribution in [1.82, 2.24) is 0 Å². The molecular weight excluding hydrogens is 318 g/mol. The molecule has 0 heterocycles. The van der Waals surface area contributed by atoms with Crippen molar-refractivity contribution in [2.24, 2.45) is 11.7 Å². The van der Waals surface area contributed by atoms with Crippen LogP contribution in [0.4, 0.5) is 13.2 Å². The van der Waals surface area contributed by atoms with Gasteiger partial charge in [-0.15, -0.1) is 12.4 Å². The van der Waals surface area contributed by atoms with Crippen molar-refractivity contribution in [2.45, 2.75) is 25.1 Å². The summed E-state index contributed by atoms with van der Waals surface area (Å²) in [6, 6.07) is 3.33. The molecule has 2 rings (SSSR count). The molecule has 0 amide bonds. The van der Waals surface area contributed by atoms with Crippen LogP contribution >= 0.6 is 28.3 Å². The number of rotatable bonds is 2. The van der Waals surface area contributed by atoms with Gasteiger partial charge in [0.1, 0.15) is 0 Å². The summed E-state index contributed by atoms with van der Waals surface area (Å²) in [5, 5.41) is 0. The molecule has 1 fully saturated rings. The lowest BCUT2D eigenvalue weighted by Crippen LogP contribution is -2.15. The van der Waals surface area contributed by atoms with Gasteiger partial charge in [-0.05, 0) is 42.5 Å². The third-order valence-electron chi connectivity index (χ3n) is 2.81. The molecule has 0 unspecified atom stereocenters. The van der Waals surface area contributed by atoms with E-state index in [0.29, 0.717) is 16.0 Å². The van der Waals surface area contributed by atoms with Crippen LogP contribution in [0.2, 0.25) is 0 Å². The van der Waals surface area contributed by atoms with E-state index in [1.807, 2.05) is 0 Å². The molecule has 2 N–H and O–H groups in total. The number of halogens is 5. The number of nitrogens with two attached hydrogens (primary N) is 1. The predicted octanol–water partition coefficient (Wildman–Crippen LogP) is 4.30. The minimum atomic E-state index is -4.31. The fraction of sp³-hybridized carbons (Fsp3) is 0.455. The van der Waals surface area contributed by atoms with Crippen molar-refractivity contribution in [1.29, 1.82) is 0 Å². The molecule has 17 heavy (non-hydrogen) atoms. The van der Waals surface area contributed by atoms with Gasteiger partial charge in [0.2, 0.25) is 0 Å². The highest BCUT2D eigenvalue weighted by atomic mass is 79.9. The van der Waals surface area contributed by atoms with Gasteiger partial charge in [-0.2, -0.15) is 13.2 Å². The Balaban J connectivity index is 0.00000144. The predicted molar refractivity (Wildman–Crippen MR) is 66.0 cm³/mol. The molecule has 1 nitrogen and oxygen atoms in total. The summed E-state index contributed by atoms with van der Waals surface area (Å²) in [7, 11) is 0. The lowest BCUT2D eigenvalue weighted by atomic mass is 10.0. The minimum Gasteiger partial charge on any atom is -0.324 e. The normalized spacial score (nSPS) is 17.5. The molecule has 1 aromatic carbocycles. The topological polar surface area (TPSA) is 26.0 Å². The molecule has 1 aromatic rings. The van der Waals surface area contributed by atoms with Crippen LogP contribution in [0.15, 0.2) is 22.7 Å². The van der Waals surface area contributed by atoms with Crippen molar-refractivity contribution in [3.05, 3.63) is 33.8 Å². The summed E-state index contributed by atoms with van der Waals surface area (Å²) in [5.74, 6) is 0.333. The maximum atomic E-state index is 12.5. The molecule has 1 aliphatic rings. The van der Waals surface area contributed by atoms with E-state index in [-0.39, 0.29) is 18.4 Å². The molecule has 0 aliphatic heterocycles. The van der Waals surface area contributed by atoms with Crippen molar-refractivity contribution in [2.75, 3.05) is 0 Å². The Labute approximate surface area is 112 Å². The summed E-state index contributed by atoms with van der Waals surface area (Å²) < 4.78 is 38.2. The van der Waals surface area contributed by atoms with E-state index in [2.05, 4.69) is 15.9 Å². The van der Waals surface area contributed by atoms with Gasteiger partial charge < -0.3 is 5.73 Å². The second kappa shape index (κ2) is 5.16. The first-order valence-electron chi connectivity index (χ1n) is 5.02. The molecule has 0 aromatic heterocycles. The lowest BCUT2D eigenvalue weighted by molar-refractivity contribution is -0.137. The fourth-order valence-corrected chi connectivity index (χ4v) is 2.20. The first kappa shape index (κ1) is 14.8. The Morgan fingerprint density at radius 1 is 1.29 bits per heavy atom. The van der Waals surface area contributed by atoms with E-state index < -0.39 is 11.7 Å². The van der Waals surface area contributed by atoms with Crippen molar-refractivity contribution >= 4 is 28.3 Å². The van der Waals surface area contributed by atoms with Crippen LogP contribution in [-0.2, 0) is 6.18 Å². The average molecular weight is 331 g/mol. The van der Waals surface area contributed by atoms with Gasteiger partial charge in [0, 0.05) is 10.5 Å². The van der Waals surface area contributed by atoms with Gasteiger partial charge in [-0.1, -0.05) is 15.9 Å². The van der Waals surface area contributed by atoms with Gasteiger partial charge in [0.05, 0.1) is 5.56 Å². The summed E-state index contributed by atoms with van der Waals surface area (Å²) >= 11 is 3.25. The lowest BCUT2D eigenvalue weighted by Gasteiger charge is -2.15. The largest absolute Gasteiger partial charge is 0.416 e. The standard InChI is InChI=1S/C11H11BrF3N.ClH/c12-9-4-3-7(11(13,14)15)5-8(9)10(16)6-1-2-6;/h3-6,10H,1-2,16H2;1H/t10-;/m0./s1. The SMILES string of the molecule is Cl.N[C@H](c1cc(C(F)(F)F)ccc1Br)C1CC1. The van der Waals surface area contributed by atoms with Crippen LogP contribution in [0.5, 0.6) is 0 Å². The first-order valence-corrected chi connectivity index (χ1v) is 5.81. The number of alkyl halides is 3. The second-order valence-electron chi connectivity index (χ2n) is 4.10. The van der Waals surface area contributed by atoms with E-state index in [4.69, 9.17) is 5.73 Å². The van der Waals surface area contributed by atoms with Gasteiger partial charge >= 0.3 is 6.18 Å². The highest BCUT2D eigenvalue weighted by Gasteiger charge is 2.34. The molecule has 1 aliphatic carbocycles. The maximum absolute atomic E-state index is 12.5. The third-order valence-corrected chi connectivity index (χ3v) is 3.53. The van der Waals surface area contributed by atoms with Gasteiger partial charge in [-0.3, -0.25) is 0 Å². The Kier molecular flexibility index (Phi) is 4.49. The second-order valence-corrected chi connectivity index (χ2v) is 4.95. The zero-order valence-electron chi connectivity index (χ0n) is 8.80. The Bertz CT molecular complexity index is 404. The fourth-order valence-electron chi connectivity index (χ4n) is 1.68. The monoisotopic (exact) mass is 329 g/mol. The van der Waals surface area contributed by atoms with Gasteiger partial charge in [0.25, 0.3) is 0 Å². The molecule has 1 atom stereocenters. The van der Waals surface area contributed by atoms with Crippen LogP contribution in [0.1, 0.15) is 30.0 Å². The Hall–Kier alpha value is -0.260. The highest BCUT2D eigenvalue weighted by molar-refractivity contribution is 9.10. The zero-order valence-corrected chi connectivity index (χ0v) is 11.2. The molecule has 0 spiro atoms. The van der Waals surface area contributed by atoms with Crippen LogP contribution in [0.3, 0.4) is 0 Å². The smallest absolute Gasteiger partial charge is 0.324 e. The van der Waals surface area contributed by atoms with E-state index in [1.165, 1.54) is 6.07 Å². The maximum Gasteiger partial charge on any atom is 0.416 e. The molecule has 96 valence electrons. The minimum absolute atomic E-state index is 0. The van der Waals surface area contributed by atoms with E-state index in [9.17, 15) is 13.2 Å². The van der Waals surface area contributed by atoms with Crippen molar-refractivity contribution in [3.63, 3.8) is 0 Å². The van der Waals surface area contributed by atoms with Crippen LogP contribution < -0.4 is 5.73 Å². The van der Waals surface area contributed by atoms with Gasteiger partial charge in [0.15, 0.2) is 0 Å². The number of hydrogen-bond donors (Lipinski definition) is 1. The first-order chi connectivity index (χ1) is 7.39. The van der Waals surface area contributed by atoms with Crippen molar-refractivity contribution in [3.8, 4) is 0 Å². The van der Waals surface area contributed by atoms with Crippen LogP contribution in [0, 0.1) is 5.92 Å². The van der Waals surface area contributed by atoms with E-state index in [1.54, 1.807) is 0 Å². The third kappa shape index (κ3) is 3.36. The zero-order chi connectivity index (χ0) is 11.9. The number of hydrogen-bond acceptors (Lipinski definition) is 1. The molecule has 0 saturated heterocycles. The summed E-state index contributed by atoms with van der Waals surface area (Å²) in [5.41, 5.74) is 5.83. The van der Waals surface area contributed by atoms with Crippen LogP contribution in [-0.4, -0.2) is 0 Å². The summed E-state index contributed by atoms with van der Waals surface area (Å²) in [6.45, 7) is 0. The Morgan fingerprint density at radius 2 is 1.88 bits per heavy atom. The summed E-state index contributed by atoms with van der Waals surface area (Å²) in [4.78, 5) is 0. The number of benzene rings is 1. The Morgan fingerprint density at radius 3 is 2.35 bits per heavy atom.